The second-order valence-corrected chi connectivity index (χ2v) is 6.00. The maximum atomic E-state index is 12.6. The first-order valence-electron chi connectivity index (χ1n) is 8.32. The lowest BCUT2D eigenvalue weighted by Crippen LogP contribution is -2.36. The van der Waals surface area contributed by atoms with Crippen LogP contribution in [0.5, 0.6) is 5.75 Å². The van der Waals surface area contributed by atoms with E-state index in [4.69, 9.17) is 4.74 Å². The molecule has 0 bridgehead atoms. The van der Waals surface area contributed by atoms with Crippen LogP contribution in [-0.2, 0) is 11.2 Å². The van der Waals surface area contributed by atoms with Crippen molar-refractivity contribution in [3.05, 3.63) is 59.7 Å². The van der Waals surface area contributed by atoms with E-state index >= 15 is 0 Å². The highest BCUT2D eigenvalue weighted by atomic mass is 16.5. The summed E-state index contributed by atoms with van der Waals surface area (Å²) in [6.45, 7) is 3.49. The van der Waals surface area contributed by atoms with Crippen LogP contribution in [0.4, 0.5) is 5.69 Å². The normalized spacial score (nSPS) is 13.5. The minimum absolute atomic E-state index is 0.205. The fraction of sp³-hybridized carbons (Fsp3) is 0.350. The molecule has 0 fully saturated rings. The molecule has 0 N–H and O–H groups in total. The van der Waals surface area contributed by atoms with Crippen molar-refractivity contribution in [3.63, 3.8) is 0 Å². The van der Waals surface area contributed by atoms with E-state index in [2.05, 4.69) is 25.1 Å². The summed E-state index contributed by atoms with van der Waals surface area (Å²) in [7, 11) is 0. The van der Waals surface area contributed by atoms with E-state index in [1.165, 1.54) is 11.1 Å². The molecule has 0 atom stereocenters. The Morgan fingerprint density at radius 2 is 1.96 bits per heavy atom. The lowest BCUT2D eigenvalue weighted by Gasteiger charge is -2.31. The number of hydrogen-bond acceptors (Lipinski definition) is 2. The van der Waals surface area contributed by atoms with Gasteiger partial charge in [0.2, 0.25) is 5.91 Å². The summed E-state index contributed by atoms with van der Waals surface area (Å²) in [6, 6.07) is 16.0. The van der Waals surface area contributed by atoms with Crippen LogP contribution in [0.25, 0.3) is 0 Å². The molecule has 120 valence electrons. The number of para-hydroxylation sites is 2. The SMILES string of the molecule is Cc1cccc2c1N(C(=O)CCCOc1ccccc1)CCC2. The van der Waals surface area contributed by atoms with Crippen molar-refractivity contribution in [1.82, 2.24) is 0 Å². The van der Waals surface area contributed by atoms with E-state index in [1.807, 2.05) is 35.2 Å². The summed E-state index contributed by atoms with van der Waals surface area (Å²) in [5.74, 6) is 1.07. The van der Waals surface area contributed by atoms with E-state index < -0.39 is 0 Å². The standard InChI is InChI=1S/C20H23NO2/c1-16-8-5-9-17-10-6-14-21(20(16)17)19(22)13-7-15-23-18-11-3-2-4-12-18/h2-5,8-9,11-12H,6-7,10,13-15H2,1H3. The summed E-state index contributed by atoms with van der Waals surface area (Å²) in [6.07, 6.45) is 3.38. The van der Waals surface area contributed by atoms with Gasteiger partial charge < -0.3 is 9.64 Å². The largest absolute Gasteiger partial charge is 0.494 e. The first-order valence-corrected chi connectivity index (χ1v) is 8.32. The molecule has 3 heteroatoms. The molecule has 3 rings (SSSR count). The number of carbonyl (C=O) groups excluding carboxylic acids is 1. The average Bonchev–Trinajstić information content (AvgIpc) is 2.59. The van der Waals surface area contributed by atoms with Gasteiger partial charge in [-0.1, -0.05) is 36.4 Å². The Balaban J connectivity index is 1.55. The van der Waals surface area contributed by atoms with E-state index in [-0.39, 0.29) is 5.91 Å². The lowest BCUT2D eigenvalue weighted by molar-refractivity contribution is -0.118. The van der Waals surface area contributed by atoms with E-state index in [1.54, 1.807) is 0 Å². The predicted molar refractivity (Wildman–Crippen MR) is 93.0 cm³/mol. The van der Waals surface area contributed by atoms with Crippen molar-refractivity contribution < 1.29 is 9.53 Å². The Labute approximate surface area is 137 Å². The quantitative estimate of drug-likeness (QED) is 0.777. The van der Waals surface area contributed by atoms with Gasteiger partial charge in [0.1, 0.15) is 5.75 Å². The van der Waals surface area contributed by atoms with Crippen molar-refractivity contribution in [3.8, 4) is 5.75 Å². The highest BCUT2D eigenvalue weighted by Crippen LogP contribution is 2.31. The zero-order chi connectivity index (χ0) is 16.1. The predicted octanol–water partition coefficient (Wildman–Crippen LogP) is 4.13. The molecule has 0 saturated heterocycles. The third-order valence-corrected chi connectivity index (χ3v) is 4.27. The Morgan fingerprint density at radius 1 is 1.13 bits per heavy atom. The zero-order valence-corrected chi connectivity index (χ0v) is 13.6. The number of rotatable bonds is 5. The van der Waals surface area contributed by atoms with Gasteiger partial charge in [-0.05, 0) is 49.4 Å². The van der Waals surface area contributed by atoms with Crippen molar-refractivity contribution in [2.24, 2.45) is 0 Å². The monoisotopic (exact) mass is 309 g/mol. The number of anilines is 1. The van der Waals surface area contributed by atoms with Crippen molar-refractivity contribution in [2.45, 2.75) is 32.6 Å². The Hall–Kier alpha value is -2.29. The highest BCUT2D eigenvalue weighted by molar-refractivity contribution is 5.95. The highest BCUT2D eigenvalue weighted by Gasteiger charge is 2.23. The average molecular weight is 309 g/mol. The number of carbonyl (C=O) groups is 1. The summed E-state index contributed by atoms with van der Waals surface area (Å²) < 4.78 is 5.67. The molecule has 0 spiro atoms. The molecule has 0 saturated carbocycles. The molecular formula is C20H23NO2. The molecule has 2 aromatic carbocycles. The molecule has 1 aliphatic rings. The van der Waals surface area contributed by atoms with Crippen molar-refractivity contribution in [1.29, 1.82) is 0 Å². The second kappa shape index (κ2) is 7.32. The number of nitrogens with zero attached hydrogens (tertiary/aromatic N) is 1. The topological polar surface area (TPSA) is 29.5 Å². The molecule has 0 aromatic heterocycles. The maximum Gasteiger partial charge on any atom is 0.227 e. The van der Waals surface area contributed by atoms with Gasteiger partial charge in [-0.25, -0.2) is 0 Å². The summed E-state index contributed by atoms with van der Waals surface area (Å²) in [5.41, 5.74) is 3.62. The van der Waals surface area contributed by atoms with Crippen molar-refractivity contribution >= 4 is 11.6 Å². The van der Waals surface area contributed by atoms with Gasteiger partial charge in [-0.15, -0.1) is 0 Å². The van der Waals surface area contributed by atoms with E-state index in [0.717, 1.165) is 37.2 Å². The van der Waals surface area contributed by atoms with Gasteiger partial charge in [0, 0.05) is 18.7 Å². The lowest BCUT2D eigenvalue weighted by atomic mass is 9.98. The number of hydrogen-bond donors (Lipinski definition) is 0. The molecule has 1 amide bonds. The van der Waals surface area contributed by atoms with Gasteiger partial charge >= 0.3 is 0 Å². The number of fused-ring (bicyclic) bond motifs is 1. The van der Waals surface area contributed by atoms with Crippen LogP contribution < -0.4 is 9.64 Å². The molecule has 1 aliphatic heterocycles. The second-order valence-electron chi connectivity index (χ2n) is 6.00. The number of ether oxygens (including phenoxy) is 1. The van der Waals surface area contributed by atoms with Crippen LogP contribution in [0.15, 0.2) is 48.5 Å². The van der Waals surface area contributed by atoms with Gasteiger partial charge in [-0.2, -0.15) is 0 Å². The molecule has 0 aliphatic carbocycles. The van der Waals surface area contributed by atoms with Crippen LogP contribution in [0.2, 0.25) is 0 Å². The Bertz CT molecular complexity index is 667. The fourth-order valence-electron chi connectivity index (χ4n) is 3.16. The smallest absolute Gasteiger partial charge is 0.227 e. The number of aryl methyl sites for hydroxylation is 2. The minimum atomic E-state index is 0.205. The van der Waals surface area contributed by atoms with Crippen LogP contribution in [0.1, 0.15) is 30.4 Å². The van der Waals surface area contributed by atoms with E-state index in [0.29, 0.717) is 13.0 Å². The third kappa shape index (κ3) is 3.73. The molecule has 23 heavy (non-hydrogen) atoms. The summed E-state index contributed by atoms with van der Waals surface area (Å²) >= 11 is 0. The molecular weight excluding hydrogens is 286 g/mol. The maximum absolute atomic E-state index is 12.6. The summed E-state index contributed by atoms with van der Waals surface area (Å²) in [5, 5.41) is 0. The van der Waals surface area contributed by atoms with Crippen LogP contribution in [0, 0.1) is 6.92 Å². The fourth-order valence-corrected chi connectivity index (χ4v) is 3.16. The summed E-state index contributed by atoms with van der Waals surface area (Å²) in [4.78, 5) is 14.6. The molecule has 0 radical (unpaired) electrons. The third-order valence-electron chi connectivity index (χ3n) is 4.27. The Morgan fingerprint density at radius 3 is 2.78 bits per heavy atom. The van der Waals surface area contributed by atoms with E-state index in [9.17, 15) is 4.79 Å². The number of benzene rings is 2. The van der Waals surface area contributed by atoms with Crippen LogP contribution in [0.3, 0.4) is 0 Å². The molecule has 1 heterocycles. The molecule has 0 unspecified atom stereocenters. The van der Waals surface area contributed by atoms with Crippen LogP contribution in [-0.4, -0.2) is 19.1 Å². The van der Waals surface area contributed by atoms with Gasteiger partial charge in [0.25, 0.3) is 0 Å². The first-order chi connectivity index (χ1) is 11.3. The Kier molecular flexibility index (Phi) is 4.96. The molecule has 2 aromatic rings. The van der Waals surface area contributed by atoms with Gasteiger partial charge in [0.15, 0.2) is 0 Å². The van der Waals surface area contributed by atoms with Gasteiger partial charge in [-0.3, -0.25) is 4.79 Å². The van der Waals surface area contributed by atoms with Gasteiger partial charge in [0.05, 0.1) is 6.61 Å². The first kappa shape index (κ1) is 15.6. The number of amides is 1. The van der Waals surface area contributed by atoms with Crippen molar-refractivity contribution in [2.75, 3.05) is 18.1 Å². The minimum Gasteiger partial charge on any atom is -0.494 e. The molecule has 3 nitrogen and oxygen atoms in total. The zero-order valence-electron chi connectivity index (χ0n) is 13.6. The van der Waals surface area contributed by atoms with Crippen LogP contribution >= 0.6 is 0 Å².